The van der Waals surface area contributed by atoms with Crippen LogP contribution in [0.15, 0.2) is 47.1 Å². The molecular weight excluding hydrogens is 256 g/mol. The molecule has 1 aromatic carbocycles. The largest absolute Gasteiger partial charge is 0.497 e. The smallest absolute Gasteiger partial charge is 0.258 e. The Labute approximate surface area is 115 Å². The molecule has 0 fully saturated rings. The van der Waals surface area contributed by atoms with E-state index in [-0.39, 0.29) is 0 Å². The van der Waals surface area contributed by atoms with Gasteiger partial charge in [-0.05, 0) is 36.4 Å². The standard InChI is InChI=1S/C14H12N4O2/c1-19-11-4-2-9(3-5-11)13-17-14(20-18-13)10-6-7-16-12(15)8-10/h2-8H,1H3,(H2,15,16). The van der Waals surface area contributed by atoms with Crippen molar-refractivity contribution in [2.45, 2.75) is 0 Å². The summed E-state index contributed by atoms with van der Waals surface area (Å²) in [4.78, 5) is 8.27. The van der Waals surface area contributed by atoms with Gasteiger partial charge in [-0.15, -0.1) is 0 Å². The van der Waals surface area contributed by atoms with Crippen molar-refractivity contribution in [3.8, 4) is 28.6 Å². The first-order valence-electron chi connectivity index (χ1n) is 5.96. The number of methoxy groups -OCH3 is 1. The van der Waals surface area contributed by atoms with Crippen molar-refractivity contribution in [2.24, 2.45) is 0 Å². The molecule has 6 heteroatoms. The van der Waals surface area contributed by atoms with Crippen LogP contribution in [0.4, 0.5) is 5.82 Å². The Morgan fingerprint density at radius 3 is 2.60 bits per heavy atom. The molecule has 6 nitrogen and oxygen atoms in total. The molecule has 0 atom stereocenters. The summed E-state index contributed by atoms with van der Waals surface area (Å²) in [7, 11) is 1.62. The van der Waals surface area contributed by atoms with Crippen LogP contribution in [0.3, 0.4) is 0 Å². The minimum Gasteiger partial charge on any atom is -0.497 e. The maximum Gasteiger partial charge on any atom is 0.258 e. The van der Waals surface area contributed by atoms with E-state index in [2.05, 4.69) is 15.1 Å². The third kappa shape index (κ3) is 2.31. The molecule has 0 saturated heterocycles. The van der Waals surface area contributed by atoms with Crippen LogP contribution in [0.1, 0.15) is 0 Å². The Balaban J connectivity index is 1.93. The van der Waals surface area contributed by atoms with Crippen molar-refractivity contribution in [3.05, 3.63) is 42.6 Å². The van der Waals surface area contributed by atoms with Gasteiger partial charge in [0.15, 0.2) is 0 Å². The van der Waals surface area contributed by atoms with Crippen LogP contribution in [0.5, 0.6) is 5.75 Å². The molecule has 2 heterocycles. The lowest BCUT2D eigenvalue weighted by molar-refractivity contribution is 0.415. The third-order valence-corrected chi connectivity index (χ3v) is 2.80. The Morgan fingerprint density at radius 1 is 1.10 bits per heavy atom. The van der Waals surface area contributed by atoms with Crippen LogP contribution in [0.25, 0.3) is 22.8 Å². The van der Waals surface area contributed by atoms with Gasteiger partial charge < -0.3 is 15.0 Å². The summed E-state index contributed by atoms with van der Waals surface area (Å²) in [6.07, 6.45) is 1.60. The number of benzene rings is 1. The minimum absolute atomic E-state index is 0.407. The molecule has 100 valence electrons. The van der Waals surface area contributed by atoms with Gasteiger partial charge in [-0.3, -0.25) is 0 Å². The molecule has 0 bridgehead atoms. The highest BCUT2D eigenvalue weighted by Gasteiger charge is 2.11. The van der Waals surface area contributed by atoms with Gasteiger partial charge in [0.05, 0.1) is 7.11 Å². The van der Waals surface area contributed by atoms with E-state index in [0.717, 1.165) is 16.9 Å². The topological polar surface area (TPSA) is 87.1 Å². The van der Waals surface area contributed by atoms with Crippen molar-refractivity contribution in [3.63, 3.8) is 0 Å². The number of hydrogen-bond donors (Lipinski definition) is 1. The van der Waals surface area contributed by atoms with E-state index in [4.69, 9.17) is 15.0 Å². The lowest BCUT2D eigenvalue weighted by Crippen LogP contribution is -1.89. The Hall–Kier alpha value is -2.89. The summed E-state index contributed by atoms with van der Waals surface area (Å²) in [5, 5.41) is 3.96. The fraction of sp³-hybridized carbons (Fsp3) is 0.0714. The molecule has 0 aliphatic rings. The average Bonchev–Trinajstić information content (AvgIpc) is 2.97. The second-order valence-corrected chi connectivity index (χ2v) is 4.12. The fourth-order valence-corrected chi connectivity index (χ4v) is 1.78. The van der Waals surface area contributed by atoms with E-state index >= 15 is 0 Å². The molecule has 0 radical (unpaired) electrons. The number of nitrogens with two attached hydrogens (primary N) is 1. The zero-order chi connectivity index (χ0) is 13.9. The van der Waals surface area contributed by atoms with Gasteiger partial charge in [0.2, 0.25) is 5.82 Å². The van der Waals surface area contributed by atoms with E-state index in [9.17, 15) is 0 Å². The van der Waals surface area contributed by atoms with E-state index in [1.165, 1.54) is 0 Å². The van der Waals surface area contributed by atoms with Crippen molar-refractivity contribution >= 4 is 5.82 Å². The van der Waals surface area contributed by atoms with Crippen LogP contribution >= 0.6 is 0 Å². The highest BCUT2D eigenvalue weighted by molar-refractivity contribution is 5.61. The molecule has 0 saturated carbocycles. The van der Waals surface area contributed by atoms with Crippen molar-refractivity contribution in [1.82, 2.24) is 15.1 Å². The van der Waals surface area contributed by atoms with Gasteiger partial charge in [0.25, 0.3) is 5.89 Å². The first-order chi connectivity index (χ1) is 9.76. The first kappa shape index (κ1) is 12.2. The first-order valence-corrected chi connectivity index (χ1v) is 5.96. The molecule has 0 aliphatic carbocycles. The van der Waals surface area contributed by atoms with Crippen LogP contribution < -0.4 is 10.5 Å². The zero-order valence-electron chi connectivity index (χ0n) is 10.8. The number of nitrogen functional groups attached to an aromatic ring is 1. The van der Waals surface area contributed by atoms with E-state index in [1.807, 2.05) is 24.3 Å². The predicted molar refractivity (Wildman–Crippen MR) is 73.9 cm³/mol. The lowest BCUT2D eigenvalue weighted by atomic mass is 10.2. The van der Waals surface area contributed by atoms with Crippen LogP contribution in [-0.4, -0.2) is 22.2 Å². The van der Waals surface area contributed by atoms with Gasteiger partial charge in [-0.2, -0.15) is 4.98 Å². The normalized spacial score (nSPS) is 10.4. The number of anilines is 1. The van der Waals surface area contributed by atoms with E-state index < -0.39 is 0 Å². The Morgan fingerprint density at radius 2 is 1.90 bits per heavy atom. The molecule has 20 heavy (non-hydrogen) atoms. The highest BCUT2D eigenvalue weighted by Crippen LogP contribution is 2.24. The van der Waals surface area contributed by atoms with Gasteiger partial charge in [-0.25, -0.2) is 4.98 Å². The van der Waals surface area contributed by atoms with Gasteiger partial charge in [-0.1, -0.05) is 5.16 Å². The highest BCUT2D eigenvalue weighted by atomic mass is 16.5. The quantitative estimate of drug-likeness (QED) is 0.784. The second kappa shape index (κ2) is 5.00. The molecule has 3 aromatic rings. The summed E-state index contributed by atoms with van der Waals surface area (Å²) in [6.45, 7) is 0. The van der Waals surface area contributed by atoms with Gasteiger partial charge >= 0.3 is 0 Å². The van der Waals surface area contributed by atoms with E-state index in [1.54, 1.807) is 25.4 Å². The molecule has 2 aromatic heterocycles. The van der Waals surface area contributed by atoms with Crippen molar-refractivity contribution < 1.29 is 9.26 Å². The summed E-state index contributed by atoms with van der Waals surface area (Å²) in [5.74, 6) is 2.11. The van der Waals surface area contributed by atoms with Crippen LogP contribution in [-0.2, 0) is 0 Å². The maximum absolute atomic E-state index is 5.63. The summed E-state index contributed by atoms with van der Waals surface area (Å²) in [5.41, 5.74) is 7.22. The van der Waals surface area contributed by atoms with Gasteiger partial charge in [0.1, 0.15) is 11.6 Å². The number of aromatic nitrogens is 3. The SMILES string of the molecule is COc1ccc(-c2noc(-c3ccnc(N)c3)n2)cc1. The van der Waals surface area contributed by atoms with Crippen LogP contribution in [0.2, 0.25) is 0 Å². The Bertz CT molecular complexity index is 722. The minimum atomic E-state index is 0.407. The summed E-state index contributed by atoms with van der Waals surface area (Å²) >= 11 is 0. The summed E-state index contributed by atoms with van der Waals surface area (Å²) < 4.78 is 10.3. The lowest BCUT2D eigenvalue weighted by Gasteiger charge is -1.99. The monoisotopic (exact) mass is 268 g/mol. The van der Waals surface area contributed by atoms with E-state index in [0.29, 0.717) is 17.5 Å². The molecule has 0 unspecified atom stereocenters. The second-order valence-electron chi connectivity index (χ2n) is 4.12. The molecule has 3 rings (SSSR count). The molecule has 0 amide bonds. The molecule has 2 N–H and O–H groups in total. The number of pyridine rings is 1. The zero-order valence-corrected chi connectivity index (χ0v) is 10.8. The summed E-state index contributed by atoms with van der Waals surface area (Å²) in [6, 6.07) is 10.9. The fourth-order valence-electron chi connectivity index (χ4n) is 1.78. The number of ether oxygens (including phenoxy) is 1. The molecular formula is C14H12N4O2. The van der Waals surface area contributed by atoms with Crippen molar-refractivity contribution in [1.29, 1.82) is 0 Å². The Kier molecular flexibility index (Phi) is 3.04. The van der Waals surface area contributed by atoms with Crippen LogP contribution in [0, 0.1) is 0 Å². The maximum atomic E-state index is 5.63. The predicted octanol–water partition coefficient (Wildman–Crippen LogP) is 2.39. The number of hydrogen-bond acceptors (Lipinski definition) is 6. The number of rotatable bonds is 3. The molecule has 0 aliphatic heterocycles. The molecule has 0 spiro atoms. The van der Waals surface area contributed by atoms with Gasteiger partial charge in [0, 0.05) is 17.3 Å². The van der Waals surface area contributed by atoms with Crippen molar-refractivity contribution in [2.75, 3.05) is 12.8 Å². The number of nitrogens with zero attached hydrogens (tertiary/aromatic N) is 3. The average molecular weight is 268 g/mol. The third-order valence-electron chi connectivity index (χ3n) is 2.80.